The Hall–Kier alpha value is -3.37. The van der Waals surface area contributed by atoms with Gasteiger partial charge >= 0.3 is 0 Å². The molecule has 0 amide bonds. The van der Waals surface area contributed by atoms with Crippen LogP contribution in [0.1, 0.15) is 11.3 Å². The second-order valence-corrected chi connectivity index (χ2v) is 6.45. The van der Waals surface area contributed by atoms with Gasteiger partial charge in [0, 0.05) is 50.4 Å². The number of ether oxygens (including phenoxy) is 2. The van der Waals surface area contributed by atoms with E-state index in [9.17, 15) is 0 Å². The first kappa shape index (κ1) is 18.0. The molecule has 0 radical (unpaired) electrons. The van der Waals surface area contributed by atoms with Gasteiger partial charge in [-0.15, -0.1) is 0 Å². The average molecular weight is 375 g/mol. The molecule has 1 aliphatic rings. The van der Waals surface area contributed by atoms with Crippen molar-refractivity contribution in [2.24, 2.45) is 0 Å². The number of nitrogens with zero attached hydrogens (tertiary/aromatic N) is 4. The highest BCUT2D eigenvalue weighted by molar-refractivity contribution is 5.96. The Morgan fingerprint density at radius 2 is 1.89 bits per heavy atom. The van der Waals surface area contributed by atoms with E-state index in [-0.39, 0.29) is 6.10 Å². The number of nitrogens with one attached hydrogen (secondary N) is 1. The van der Waals surface area contributed by atoms with Gasteiger partial charge in [-0.2, -0.15) is 0 Å². The molecule has 28 heavy (non-hydrogen) atoms. The number of fused-ring (bicyclic) bond motifs is 1. The van der Waals surface area contributed by atoms with E-state index in [1.807, 2.05) is 25.4 Å². The third kappa shape index (κ3) is 3.42. The molecule has 0 aliphatic carbocycles. The highest BCUT2D eigenvalue weighted by Gasteiger charge is 2.27. The fourth-order valence-corrected chi connectivity index (χ4v) is 3.08. The maximum Gasteiger partial charge on any atom is 0.137 e. The van der Waals surface area contributed by atoms with E-state index >= 15 is 0 Å². The summed E-state index contributed by atoms with van der Waals surface area (Å²) in [6, 6.07) is 5.74. The van der Waals surface area contributed by atoms with Crippen LogP contribution in [0.15, 0.2) is 36.8 Å². The topological polar surface area (TPSA) is 72.4 Å². The smallest absolute Gasteiger partial charge is 0.137 e. The molecule has 7 heteroatoms. The van der Waals surface area contributed by atoms with E-state index in [0.29, 0.717) is 11.4 Å². The lowest BCUT2D eigenvalue weighted by atomic mass is 10.1. The van der Waals surface area contributed by atoms with Crippen LogP contribution in [-0.2, 0) is 4.74 Å². The molecule has 4 heterocycles. The number of methoxy groups -OCH3 is 2. The molecular weight excluding hydrogens is 354 g/mol. The van der Waals surface area contributed by atoms with Gasteiger partial charge in [0.2, 0.25) is 0 Å². The van der Waals surface area contributed by atoms with Crippen molar-refractivity contribution in [3.63, 3.8) is 0 Å². The van der Waals surface area contributed by atoms with E-state index in [2.05, 4.69) is 43.1 Å². The van der Waals surface area contributed by atoms with Gasteiger partial charge in [0.1, 0.15) is 23.1 Å². The number of rotatable bonds is 4. The predicted octanol–water partition coefficient (Wildman–Crippen LogP) is 2.31. The lowest BCUT2D eigenvalue weighted by Gasteiger charge is -2.39. The summed E-state index contributed by atoms with van der Waals surface area (Å²) in [6.45, 7) is 1.69. The van der Waals surface area contributed by atoms with E-state index in [1.54, 1.807) is 26.6 Å². The van der Waals surface area contributed by atoms with Gasteiger partial charge in [0.25, 0.3) is 0 Å². The normalized spacial score (nSPS) is 13.6. The quantitative estimate of drug-likeness (QED) is 0.702. The van der Waals surface area contributed by atoms with Crippen molar-refractivity contribution >= 4 is 22.4 Å². The van der Waals surface area contributed by atoms with Crippen LogP contribution in [0.4, 0.5) is 11.6 Å². The van der Waals surface area contributed by atoms with E-state index in [1.165, 1.54) is 0 Å². The zero-order valence-corrected chi connectivity index (χ0v) is 16.1. The molecule has 3 aromatic heterocycles. The zero-order valence-electron chi connectivity index (χ0n) is 16.1. The van der Waals surface area contributed by atoms with Gasteiger partial charge in [-0.05, 0) is 24.1 Å². The van der Waals surface area contributed by atoms with Gasteiger partial charge in [-0.25, -0.2) is 15.0 Å². The summed E-state index contributed by atoms with van der Waals surface area (Å²) in [7, 11) is 5.20. The predicted molar refractivity (Wildman–Crippen MR) is 109 cm³/mol. The standard InChI is InChI=1S/C21H21N5O2/c1-22-21-19-11-24-20(26-12-17(13-26)28-3)8-18(19)14(9-25-21)4-5-15-6-7-16(27-2)10-23-15/h6-11,17H,12-13H2,1-3H3,(H,22,25). The monoisotopic (exact) mass is 375 g/mol. The lowest BCUT2D eigenvalue weighted by molar-refractivity contribution is 0.0783. The van der Waals surface area contributed by atoms with Crippen LogP contribution in [0.3, 0.4) is 0 Å². The highest BCUT2D eigenvalue weighted by Crippen LogP contribution is 2.29. The largest absolute Gasteiger partial charge is 0.495 e. The first-order valence-electron chi connectivity index (χ1n) is 8.98. The summed E-state index contributed by atoms with van der Waals surface area (Å²) in [5, 5.41) is 5.06. The van der Waals surface area contributed by atoms with Crippen molar-refractivity contribution in [3.05, 3.63) is 48.0 Å². The number of hydrogen-bond donors (Lipinski definition) is 1. The zero-order chi connectivity index (χ0) is 19.5. The van der Waals surface area contributed by atoms with Crippen molar-refractivity contribution < 1.29 is 9.47 Å². The lowest BCUT2D eigenvalue weighted by Crippen LogP contribution is -2.52. The van der Waals surface area contributed by atoms with Gasteiger partial charge in [-0.3, -0.25) is 0 Å². The first-order valence-corrected chi connectivity index (χ1v) is 8.98. The Labute approximate surface area is 163 Å². The molecule has 0 unspecified atom stereocenters. The fourth-order valence-electron chi connectivity index (χ4n) is 3.08. The molecule has 1 N–H and O–H groups in total. The highest BCUT2D eigenvalue weighted by atomic mass is 16.5. The summed E-state index contributed by atoms with van der Waals surface area (Å²) < 4.78 is 10.5. The molecule has 0 bridgehead atoms. The SMILES string of the molecule is CNc1ncc(C#Cc2ccc(OC)cn2)c2cc(N3CC(OC)C3)ncc12. The summed E-state index contributed by atoms with van der Waals surface area (Å²) in [4.78, 5) is 15.6. The van der Waals surface area contributed by atoms with Crippen LogP contribution in [-0.4, -0.2) is 55.4 Å². The van der Waals surface area contributed by atoms with Crippen molar-refractivity contribution in [2.45, 2.75) is 6.10 Å². The number of pyridine rings is 3. The molecule has 0 spiro atoms. The molecule has 0 aromatic carbocycles. The average Bonchev–Trinajstić information content (AvgIpc) is 2.71. The minimum Gasteiger partial charge on any atom is -0.495 e. The third-order valence-electron chi connectivity index (χ3n) is 4.80. The Morgan fingerprint density at radius 3 is 2.57 bits per heavy atom. The maximum absolute atomic E-state index is 5.36. The van der Waals surface area contributed by atoms with Gasteiger partial charge in [0.15, 0.2) is 0 Å². The minimum absolute atomic E-state index is 0.267. The molecule has 142 valence electrons. The number of anilines is 2. The fraction of sp³-hybridized carbons (Fsp3) is 0.286. The van der Waals surface area contributed by atoms with Crippen molar-refractivity contribution in [3.8, 4) is 17.6 Å². The van der Waals surface area contributed by atoms with Gasteiger partial charge in [0.05, 0.1) is 25.0 Å². The van der Waals surface area contributed by atoms with Crippen LogP contribution in [0.2, 0.25) is 0 Å². The van der Waals surface area contributed by atoms with Crippen LogP contribution in [0.5, 0.6) is 5.75 Å². The Kier molecular flexibility index (Phi) is 4.96. The number of aromatic nitrogens is 3. The Balaban J connectivity index is 1.71. The van der Waals surface area contributed by atoms with Crippen LogP contribution < -0.4 is 15.0 Å². The molecule has 1 aliphatic heterocycles. The molecule has 1 saturated heterocycles. The molecule has 7 nitrogen and oxygen atoms in total. The molecule has 0 saturated carbocycles. The van der Waals surface area contributed by atoms with Crippen molar-refractivity contribution in [1.29, 1.82) is 0 Å². The molecule has 1 fully saturated rings. The molecule has 0 atom stereocenters. The van der Waals surface area contributed by atoms with Gasteiger partial charge in [-0.1, -0.05) is 5.92 Å². The molecule has 3 aromatic rings. The van der Waals surface area contributed by atoms with Crippen molar-refractivity contribution in [2.75, 3.05) is 44.6 Å². The van der Waals surface area contributed by atoms with Crippen LogP contribution >= 0.6 is 0 Å². The molecular formula is C21H21N5O2. The summed E-state index contributed by atoms with van der Waals surface area (Å²) in [6.07, 6.45) is 5.55. The van der Waals surface area contributed by atoms with E-state index < -0.39 is 0 Å². The summed E-state index contributed by atoms with van der Waals surface area (Å²) in [5.74, 6) is 8.70. The van der Waals surface area contributed by atoms with Crippen LogP contribution in [0.25, 0.3) is 10.8 Å². The summed E-state index contributed by atoms with van der Waals surface area (Å²) >= 11 is 0. The Bertz CT molecular complexity index is 1050. The Morgan fingerprint density at radius 1 is 1.04 bits per heavy atom. The molecule has 4 rings (SSSR count). The first-order chi connectivity index (χ1) is 13.7. The second kappa shape index (κ2) is 7.71. The van der Waals surface area contributed by atoms with E-state index in [0.717, 1.165) is 41.1 Å². The third-order valence-corrected chi connectivity index (χ3v) is 4.80. The summed E-state index contributed by atoms with van der Waals surface area (Å²) in [5.41, 5.74) is 1.51. The van der Waals surface area contributed by atoms with Gasteiger partial charge < -0.3 is 19.7 Å². The van der Waals surface area contributed by atoms with E-state index in [4.69, 9.17) is 9.47 Å². The number of hydrogen-bond acceptors (Lipinski definition) is 7. The van der Waals surface area contributed by atoms with Crippen molar-refractivity contribution in [1.82, 2.24) is 15.0 Å². The maximum atomic E-state index is 5.36. The minimum atomic E-state index is 0.267. The van der Waals surface area contributed by atoms with Crippen LogP contribution in [0, 0.1) is 11.8 Å². The second-order valence-electron chi connectivity index (χ2n) is 6.45.